The summed E-state index contributed by atoms with van der Waals surface area (Å²) in [5, 5.41) is 22.3. The van der Waals surface area contributed by atoms with Crippen LogP contribution in [0.5, 0.6) is 0 Å². The second kappa shape index (κ2) is 9.04. The largest absolute Gasteiger partial charge is 0.392 e. The summed E-state index contributed by atoms with van der Waals surface area (Å²) in [6, 6.07) is 9.86. The van der Waals surface area contributed by atoms with E-state index in [4.69, 9.17) is 4.74 Å². The van der Waals surface area contributed by atoms with Gasteiger partial charge in [-0.3, -0.25) is 0 Å². The molecule has 2 atom stereocenters. The van der Waals surface area contributed by atoms with Crippen LogP contribution in [0.2, 0.25) is 0 Å². The summed E-state index contributed by atoms with van der Waals surface area (Å²) in [6.45, 7) is 5.65. The first-order valence-corrected chi connectivity index (χ1v) is 6.78. The van der Waals surface area contributed by atoms with Crippen molar-refractivity contribution in [3.63, 3.8) is 0 Å². The second-order valence-electron chi connectivity index (χ2n) is 5.12. The molecule has 4 heteroatoms. The average molecular weight is 267 g/mol. The fraction of sp³-hybridized carbons (Fsp3) is 0.600. The van der Waals surface area contributed by atoms with Crippen LogP contribution in [-0.2, 0) is 11.3 Å². The summed E-state index contributed by atoms with van der Waals surface area (Å²) < 4.78 is 5.43. The molecule has 1 rings (SSSR count). The van der Waals surface area contributed by atoms with Gasteiger partial charge in [-0.25, -0.2) is 0 Å². The lowest BCUT2D eigenvalue weighted by Gasteiger charge is -2.17. The summed E-state index contributed by atoms with van der Waals surface area (Å²) in [4.78, 5) is 0. The third-order valence-electron chi connectivity index (χ3n) is 2.92. The Kier molecular flexibility index (Phi) is 7.67. The zero-order valence-corrected chi connectivity index (χ0v) is 11.7. The van der Waals surface area contributed by atoms with Crippen LogP contribution in [0.4, 0.5) is 0 Å². The van der Waals surface area contributed by atoms with Gasteiger partial charge >= 0.3 is 0 Å². The maximum Gasteiger partial charge on any atom is 0.0897 e. The van der Waals surface area contributed by atoms with Crippen LogP contribution in [0.15, 0.2) is 30.3 Å². The molecule has 0 amide bonds. The van der Waals surface area contributed by atoms with E-state index in [1.54, 1.807) is 0 Å². The summed E-state index contributed by atoms with van der Waals surface area (Å²) in [7, 11) is 0. The van der Waals surface area contributed by atoms with Gasteiger partial charge < -0.3 is 20.3 Å². The maximum absolute atomic E-state index is 9.71. The van der Waals surface area contributed by atoms with Gasteiger partial charge in [0, 0.05) is 13.1 Å². The SMILES string of the molecule is CC(C)C(O)CNCC(O)COCc1ccccc1. The van der Waals surface area contributed by atoms with E-state index < -0.39 is 6.10 Å². The van der Waals surface area contributed by atoms with Crippen molar-refractivity contribution in [3.05, 3.63) is 35.9 Å². The molecule has 2 unspecified atom stereocenters. The molecule has 0 aliphatic heterocycles. The average Bonchev–Trinajstić information content (AvgIpc) is 2.39. The van der Waals surface area contributed by atoms with Crippen molar-refractivity contribution in [1.82, 2.24) is 5.32 Å². The molecule has 108 valence electrons. The number of aliphatic hydroxyl groups is 2. The molecule has 4 nitrogen and oxygen atoms in total. The van der Waals surface area contributed by atoms with Gasteiger partial charge in [0.15, 0.2) is 0 Å². The molecule has 1 aromatic carbocycles. The van der Waals surface area contributed by atoms with Gasteiger partial charge in [-0.1, -0.05) is 44.2 Å². The van der Waals surface area contributed by atoms with Gasteiger partial charge in [0.2, 0.25) is 0 Å². The van der Waals surface area contributed by atoms with Crippen molar-refractivity contribution in [2.24, 2.45) is 5.92 Å². The molecular formula is C15H25NO3. The normalized spacial score (nSPS) is 14.6. The topological polar surface area (TPSA) is 61.7 Å². The third-order valence-corrected chi connectivity index (χ3v) is 2.92. The number of aliphatic hydroxyl groups excluding tert-OH is 2. The molecule has 0 aromatic heterocycles. The van der Waals surface area contributed by atoms with E-state index in [1.165, 1.54) is 0 Å². The Bertz CT molecular complexity index is 329. The Morgan fingerprint density at radius 2 is 1.79 bits per heavy atom. The highest BCUT2D eigenvalue weighted by molar-refractivity contribution is 5.13. The first kappa shape index (κ1) is 16.1. The van der Waals surface area contributed by atoms with E-state index in [2.05, 4.69) is 5.32 Å². The molecule has 1 aromatic rings. The highest BCUT2D eigenvalue weighted by Gasteiger charge is 2.10. The first-order chi connectivity index (χ1) is 9.09. The lowest BCUT2D eigenvalue weighted by atomic mass is 10.1. The summed E-state index contributed by atoms with van der Waals surface area (Å²) in [6.07, 6.45) is -0.930. The molecule has 0 bridgehead atoms. The number of nitrogens with one attached hydrogen (secondary N) is 1. The fourth-order valence-corrected chi connectivity index (χ4v) is 1.58. The molecule has 0 saturated heterocycles. The van der Waals surface area contributed by atoms with Crippen molar-refractivity contribution in [2.45, 2.75) is 32.7 Å². The van der Waals surface area contributed by atoms with Gasteiger partial charge in [-0.05, 0) is 11.5 Å². The van der Waals surface area contributed by atoms with Crippen LogP contribution in [0.3, 0.4) is 0 Å². The molecule has 0 fully saturated rings. The Morgan fingerprint density at radius 1 is 1.11 bits per heavy atom. The minimum atomic E-state index is -0.553. The molecule has 19 heavy (non-hydrogen) atoms. The lowest BCUT2D eigenvalue weighted by molar-refractivity contribution is 0.0264. The van der Waals surface area contributed by atoms with Crippen LogP contribution < -0.4 is 5.32 Å². The second-order valence-corrected chi connectivity index (χ2v) is 5.12. The number of ether oxygens (including phenoxy) is 1. The summed E-state index contributed by atoms with van der Waals surface area (Å²) in [5.41, 5.74) is 1.10. The Balaban J connectivity index is 2.06. The van der Waals surface area contributed by atoms with Crippen LogP contribution in [-0.4, -0.2) is 42.1 Å². The van der Waals surface area contributed by atoms with Crippen LogP contribution in [0.1, 0.15) is 19.4 Å². The van der Waals surface area contributed by atoms with Crippen molar-refractivity contribution in [2.75, 3.05) is 19.7 Å². The van der Waals surface area contributed by atoms with Crippen molar-refractivity contribution in [3.8, 4) is 0 Å². The molecule has 0 heterocycles. The third kappa shape index (κ3) is 7.28. The number of hydrogen-bond donors (Lipinski definition) is 3. The van der Waals surface area contributed by atoms with Crippen molar-refractivity contribution in [1.29, 1.82) is 0 Å². The van der Waals surface area contributed by atoms with Crippen LogP contribution in [0.25, 0.3) is 0 Å². The molecule has 0 saturated carbocycles. The monoisotopic (exact) mass is 267 g/mol. The van der Waals surface area contributed by atoms with Gasteiger partial charge in [-0.15, -0.1) is 0 Å². The smallest absolute Gasteiger partial charge is 0.0897 e. The van der Waals surface area contributed by atoms with Gasteiger partial charge in [0.25, 0.3) is 0 Å². The number of rotatable bonds is 9. The minimum Gasteiger partial charge on any atom is -0.392 e. The summed E-state index contributed by atoms with van der Waals surface area (Å²) in [5.74, 6) is 0.221. The van der Waals surface area contributed by atoms with Gasteiger partial charge in [0.1, 0.15) is 0 Å². The predicted molar refractivity (Wildman–Crippen MR) is 75.8 cm³/mol. The van der Waals surface area contributed by atoms with E-state index in [-0.39, 0.29) is 12.0 Å². The van der Waals surface area contributed by atoms with Gasteiger partial charge in [0.05, 0.1) is 25.4 Å². The van der Waals surface area contributed by atoms with Gasteiger partial charge in [-0.2, -0.15) is 0 Å². The zero-order valence-electron chi connectivity index (χ0n) is 11.7. The van der Waals surface area contributed by atoms with Crippen LogP contribution in [0, 0.1) is 5.92 Å². The molecule has 0 aliphatic rings. The van der Waals surface area contributed by atoms with Crippen molar-refractivity contribution >= 4 is 0 Å². The van der Waals surface area contributed by atoms with E-state index in [0.29, 0.717) is 26.3 Å². The highest BCUT2D eigenvalue weighted by Crippen LogP contribution is 2.01. The number of benzene rings is 1. The minimum absolute atomic E-state index is 0.221. The van der Waals surface area contributed by atoms with Crippen molar-refractivity contribution < 1.29 is 14.9 Å². The quantitative estimate of drug-likeness (QED) is 0.628. The first-order valence-electron chi connectivity index (χ1n) is 6.78. The maximum atomic E-state index is 9.71. The molecule has 0 spiro atoms. The zero-order chi connectivity index (χ0) is 14.1. The fourth-order valence-electron chi connectivity index (χ4n) is 1.58. The Hall–Kier alpha value is -0.940. The highest BCUT2D eigenvalue weighted by atomic mass is 16.5. The standard InChI is InChI=1S/C15H25NO3/c1-12(2)15(18)9-16-8-14(17)11-19-10-13-6-4-3-5-7-13/h3-7,12,14-18H,8-11H2,1-2H3. The van der Waals surface area contributed by atoms with E-state index >= 15 is 0 Å². The van der Waals surface area contributed by atoms with Crippen LogP contribution >= 0.6 is 0 Å². The predicted octanol–water partition coefficient (Wildman–Crippen LogP) is 1.17. The molecule has 0 radical (unpaired) electrons. The Morgan fingerprint density at radius 3 is 2.42 bits per heavy atom. The number of hydrogen-bond acceptors (Lipinski definition) is 4. The molecular weight excluding hydrogens is 242 g/mol. The van der Waals surface area contributed by atoms with E-state index in [0.717, 1.165) is 5.56 Å². The van der Waals surface area contributed by atoms with E-state index in [9.17, 15) is 10.2 Å². The molecule has 0 aliphatic carbocycles. The van der Waals surface area contributed by atoms with E-state index in [1.807, 2.05) is 44.2 Å². The Labute approximate surface area is 115 Å². The summed E-state index contributed by atoms with van der Waals surface area (Å²) >= 11 is 0. The lowest BCUT2D eigenvalue weighted by Crippen LogP contribution is -2.37. The molecule has 3 N–H and O–H groups in total.